The molecule has 0 aliphatic carbocycles. The number of benzene rings is 1. The predicted molar refractivity (Wildman–Crippen MR) is 72.4 cm³/mol. The number of fused-ring (bicyclic) bond motifs is 1. The van der Waals surface area contributed by atoms with E-state index in [1.807, 2.05) is 0 Å². The molecule has 2 aliphatic heterocycles. The maximum Gasteiger partial charge on any atom is 0.194 e. The van der Waals surface area contributed by atoms with Crippen molar-refractivity contribution in [2.75, 3.05) is 0 Å². The summed E-state index contributed by atoms with van der Waals surface area (Å²) in [6.45, 7) is 0. The molecule has 1 unspecified atom stereocenters. The topological polar surface area (TPSA) is 69.7 Å². The van der Waals surface area contributed by atoms with Crippen LogP contribution in [0.1, 0.15) is 5.56 Å². The molecule has 0 saturated heterocycles. The monoisotopic (exact) mass is 280 g/mol. The molecule has 0 amide bonds. The van der Waals surface area contributed by atoms with Crippen LogP contribution in [-0.2, 0) is 0 Å². The highest BCUT2D eigenvalue weighted by molar-refractivity contribution is 6.53. The Bertz CT molecular complexity index is 628. The van der Waals surface area contributed by atoms with Crippen LogP contribution in [0.3, 0.4) is 0 Å². The normalized spacial score (nSPS) is 21.3. The Morgan fingerprint density at radius 2 is 1.78 bits per heavy atom. The van der Waals surface area contributed by atoms with Crippen molar-refractivity contribution in [1.82, 2.24) is 0 Å². The van der Waals surface area contributed by atoms with Crippen molar-refractivity contribution in [1.29, 1.82) is 0 Å². The van der Waals surface area contributed by atoms with E-state index in [9.17, 15) is 5.11 Å². The molecule has 2 heterocycles. The number of aliphatic hydroxyl groups excluding tert-OH is 1. The minimum atomic E-state index is -1.04. The number of aliphatic hydroxyl groups is 1. The van der Waals surface area contributed by atoms with Crippen molar-refractivity contribution in [2.24, 2.45) is 20.0 Å². The van der Waals surface area contributed by atoms with Crippen LogP contribution in [0.5, 0.6) is 0 Å². The molecule has 0 saturated carbocycles. The van der Waals surface area contributed by atoms with E-state index in [0.717, 1.165) is 0 Å². The van der Waals surface area contributed by atoms with Gasteiger partial charge >= 0.3 is 0 Å². The molecule has 90 valence electrons. The maximum absolute atomic E-state index is 9.63. The third kappa shape index (κ3) is 1.77. The van der Waals surface area contributed by atoms with E-state index in [-0.39, 0.29) is 0 Å². The van der Waals surface area contributed by atoms with Gasteiger partial charge in [0, 0.05) is 0 Å². The fourth-order valence-corrected chi connectivity index (χ4v) is 2.23. The highest BCUT2D eigenvalue weighted by Crippen LogP contribution is 2.27. The number of aliphatic imine (C=N–C) groups is 4. The lowest BCUT2D eigenvalue weighted by atomic mass is 10.2. The van der Waals surface area contributed by atoms with Crippen LogP contribution in [0.4, 0.5) is 0 Å². The molecule has 1 aromatic rings. The average Bonchev–Trinajstić information content (AvgIpc) is 2.74. The third-order valence-corrected chi connectivity index (χ3v) is 3.12. The number of halogens is 2. The zero-order valence-electron chi connectivity index (χ0n) is 8.88. The minimum Gasteiger partial charge on any atom is -0.366 e. The quantitative estimate of drug-likeness (QED) is 0.839. The summed E-state index contributed by atoms with van der Waals surface area (Å²) < 4.78 is 0. The van der Waals surface area contributed by atoms with Crippen LogP contribution in [0.2, 0.25) is 10.0 Å². The second-order valence-corrected chi connectivity index (χ2v) is 4.43. The van der Waals surface area contributed by atoms with Crippen LogP contribution in [0.15, 0.2) is 38.2 Å². The molecule has 0 fully saturated rings. The first-order chi connectivity index (χ1) is 8.66. The Hall–Kier alpha value is -1.56. The molecule has 1 N–H and O–H groups in total. The van der Waals surface area contributed by atoms with Gasteiger partial charge in [-0.15, -0.1) is 0 Å². The van der Waals surface area contributed by atoms with E-state index in [1.165, 1.54) is 6.34 Å². The van der Waals surface area contributed by atoms with E-state index in [4.69, 9.17) is 23.2 Å². The van der Waals surface area contributed by atoms with Crippen molar-refractivity contribution < 1.29 is 5.11 Å². The summed E-state index contributed by atoms with van der Waals surface area (Å²) in [5.74, 6) is 0.674. The Labute approximate surface area is 112 Å². The molecule has 0 spiro atoms. The van der Waals surface area contributed by atoms with Gasteiger partial charge in [-0.05, 0) is 12.1 Å². The van der Waals surface area contributed by atoms with Gasteiger partial charge in [-0.25, -0.2) is 20.0 Å². The predicted octanol–water partition coefficient (Wildman–Crippen LogP) is 1.95. The highest BCUT2D eigenvalue weighted by Gasteiger charge is 2.28. The van der Waals surface area contributed by atoms with Crippen molar-refractivity contribution in [2.45, 2.75) is 6.23 Å². The van der Waals surface area contributed by atoms with Crippen molar-refractivity contribution >= 4 is 46.9 Å². The van der Waals surface area contributed by atoms with Crippen LogP contribution in [0.25, 0.3) is 0 Å². The van der Waals surface area contributed by atoms with E-state index in [1.54, 1.807) is 18.2 Å². The molecule has 0 aromatic heterocycles. The largest absolute Gasteiger partial charge is 0.366 e. The summed E-state index contributed by atoms with van der Waals surface area (Å²) in [5.41, 5.74) is 0.834. The van der Waals surface area contributed by atoms with Gasteiger partial charge in [-0.2, -0.15) is 0 Å². The van der Waals surface area contributed by atoms with Gasteiger partial charge in [-0.1, -0.05) is 29.3 Å². The van der Waals surface area contributed by atoms with Gasteiger partial charge in [0.15, 0.2) is 17.9 Å². The molecule has 5 nitrogen and oxygen atoms in total. The van der Waals surface area contributed by atoms with E-state index >= 15 is 0 Å². The van der Waals surface area contributed by atoms with Gasteiger partial charge in [0.1, 0.15) is 12.1 Å². The van der Waals surface area contributed by atoms with Crippen molar-refractivity contribution in [3.63, 3.8) is 0 Å². The maximum atomic E-state index is 9.63. The van der Waals surface area contributed by atoms with Gasteiger partial charge in [0.2, 0.25) is 0 Å². The van der Waals surface area contributed by atoms with Gasteiger partial charge < -0.3 is 5.11 Å². The van der Waals surface area contributed by atoms with Crippen LogP contribution >= 0.6 is 23.2 Å². The molecule has 0 bridgehead atoms. The first-order valence-electron chi connectivity index (χ1n) is 5.06. The standard InChI is InChI=1S/C11H6Cl2N4O/c12-5-2-1-3-6(13)7(5)9-16-8-10(17-9)14-4-15-11(8)18/h1-4,11,18H. The second kappa shape index (κ2) is 4.28. The van der Waals surface area contributed by atoms with E-state index in [2.05, 4.69) is 20.0 Å². The Morgan fingerprint density at radius 1 is 1.06 bits per heavy atom. The van der Waals surface area contributed by atoms with E-state index in [0.29, 0.717) is 33.0 Å². The average molecular weight is 281 g/mol. The summed E-state index contributed by atoms with van der Waals surface area (Å²) in [4.78, 5) is 16.0. The van der Waals surface area contributed by atoms with Crippen LogP contribution < -0.4 is 0 Å². The highest BCUT2D eigenvalue weighted by atomic mass is 35.5. The van der Waals surface area contributed by atoms with Crippen molar-refractivity contribution in [3.05, 3.63) is 33.8 Å². The smallest absolute Gasteiger partial charge is 0.194 e. The summed E-state index contributed by atoms with van der Waals surface area (Å²) in [5, 5.41) is 10.5. The number of nitrogens with zero attached hydrogens (tertiary/aromatic N) is 4. The van der Waals surface area contributed by atoms with Crippen molar-refractivity contribution in [3.8, 4) is 0 Å². The SMILES string of the molecule is OC1N=CN=C2N=C(c3c(Cl)cccc3Cl)N=C21. The molecular formula is C11H6Cl2N4O. The lowest BCUT2D eigenvalue weighted by Gasteiger charge is -2.06. The zero-order valence-corrected chi connectivity index (χ0v) is 10.4. The lowest BCUT2D eigenvalue weighted by molar-refractivity contribution is 0.254. The number of hydrogen-bond donors (Lipinski definition) is 1. The zero-order chi connectivity index (χ0) is 12.7. The molecule has 1 atom stereocenters. The summed E-state index contributed by atoms with van der Waals surface area (Å²) in [6.07, 6.45) is 0.208. The van der Waals surface area contributed by atoms with E-state index < -0.39 is 6.23 Å². The fraction of sp³-hybridized carbons (Fsp3) is 0.0909. The molecule has 7 heteroatoms. The molecule has 3 rings (SSSR count). The molecule has 1 aromatic carbocycles. The summed E-state index contributed by atoms with van der Waals surface area (Å²) in [6, 6.07) is 5.13. The van der Waals surface area contributed by atoms with Crippen LogP contribution in [0, 0.1) is 0 Å². The molecule has 2 aliphatic rings. The Kier molecular flexibility index (Phi) is 2.74. The van der Waals surface area contributed by atoms with Gasteiger partial charge in [0.05, 0.1) is 15.6 Å². The van der Waals surface area contributed by atoms with Crippen LogP contribution in [-0.4, -0.2) is 35.1 Å². The first kappa shape index (κ1) is 11.5. The molecule has 0 radical (unpaired) electrons. The number of amidine groups is 2. The third-order valence-electron chi connectivity index (χ3n) is 2.49. The summed E-state index contributed by atoms with van der Waals surface area (Å²) in [7, 11) is 0. The molecule has 18 heavy (non-hydrogen) atoms. The molecular weight excluding hydrogens is 275 g/mol. The fourth-order valence-electron chi connectivity index (χ4n) is 1.66. The first-order valence-corrected chi connectivity index (χ1v) is 5.82. The van der Waals surface area contributed by atoms with Gasteiger partial charge in [0.25, 0.3) is 0 Å². The minimum absolute atomic E-state index is 0.309. The number of hydrogen-bond acceptors (Lipinski definition) is 5. The van der Waals surface area contributed by atoms with Gasteiger partial charge in [-0.3, -0.25) is 0 Å². The Morgan fingerprint density at radius 3 is 2.44 bits per heavy atom. The second-order valence-electron chi connectivity index (χ2n) is 3.62. The number of rotatable bonds is 1. The summed E-state index contributed by atoms with van der Waals surface area (Å²) >= 11 is 12.2. The Balaban J connectivity index is 2.12. The lowest BCUT2D eigenvalue weighted by Crippen LogP contribution is -2.26.